The highest BCUT2D eigenvalue weighted by Gasteiger charge is 2.38. The van der Waals surface area contributed by atoms with Crippen LogP contribution in [-0.4, -0.2) is 43.8 Å². The molecule has 1 aliphatic heterocycles. The Morgan fingerprint density at radius 3 is 2.41 bits per heavy atom. The van der Waals surface area contributed by atoms with Crippen molar-refractivity contribution in [1.29, 1.82) is 0 Å². The van der Waals surface area contributed by atoms with E-state index in [4.69, 9.17) is 25.8 Å². The summed E-state index contributed by atoms with van der Waals surface area (Å²) in [6.45, 7) is 2.07. The standard InChI is InChI=1S/C21H18ClIN2O7/c1-4-32-17-7-10(6-13(23)18(17)26)5-11-19(27)24-21(29)25(20(11)28)14-9-15(30-2)12(22)8-16(14)31-3/h5-9,26H,4H2,1-3H3,(H,24,27,29)/b11-5+. The van der Waals surface area contributed by atoms with Crippen LogP contribution in [-0.2, 0) is 9.59 Å². The number of hydrogen-bond donors (Lipinski definition) is 2. The van der Waals surface area contributed by atoms with E-state index in [0.29, 0.717) is 15.7 Å². The van der Waals surface area contributed by atoms with Gasteiger partial charge in [-0.2, -0.15) is 0 Å². The summed E-state index contributed by atoms with van der Waals surface area (Å²) in [5, 5.41) is 12.5. The van der Waals surface area contributed by atoms with Crippen molar-refractivity contribution in [1.82, 2.24) is 5.32 Å². The predicted octanol–water partition coefficient (Wildman–Crippen LogP) is 3.73. The Morgan fingerprint density at radius 2 is 1.78 bits per heavy atom. The number of amides is 4. The number of phenolic OH excluding ortho intramolecular Hbond substituents is 1. The van der Waals surface area contributed by atoms with Crippen LogP contribution in [0.5, 0.6) is 23.0 Å². The summed E-state index contributed by atoms with van der Waals surface area (Å²) in [6, 6.07) is 4.87. The maximum Gasteiger partial charge on any atom is 0.336 e. The predicted molar refractivity (Wildman–Crippen MR) is 126 cm³/mol. The number of phenols is 1. The minimum atomic E-state index is -0.949. The summed E-state index contributed by atoms with van der Waals surface area (Å²) in [4.78, 5) is 39.0. The van der Waals surface area contributed by atoms with Gasteiger partial charge in [-0.05, 0) is 53.3 Å². The Hall–Kier alpha value is -2.99. The molecule has 0 aromatic heterocycles. The van der Waals surface area contributed by atoms with Gasteiger partial charge in [-0.15, -0.1) is 0 Å². The Morgan fingerprint density at radius 1 is 1.09 bits per heavy atom. The highest BCUT2D eigenvalue weighted by molar-refractivity contribution is 14.1. The van der Waals surface area contributed by atoms with Gasteiger partial charge in [0.2, 0.25) is 0 Å². The number of halogens is 2. The second-order valence-corrected chi connectivity index (χ2v) is 7.97. The lowest BCUT2D eigenvalue weighted by molar-refractivity contribution is -0.122. The number of carbonyl (C=O) groups excluding carboxylic acids is 3. The van der Waals surface area contributed by atoms with E-state index in [1.165, 1.54) is 38.5 Å². The van der Waals surface area contributed by atoms with Crippen LogP contribution in [0, 0.1) is 3.57 Å². The van der Waals surface area contributed by atoms with Crippen molar-refractivity contribution < 1.29 is 33.7 Å². The zero-order valence-corrected chi connectivity index (χ0v) is 20.1. The first kappa shape index (κ1) is 23.7. The zero-order valence-electron chi connectivity index (χ0n) is 17.2. The number of anilines is 1. The lowest BCUT2D eigenvalue weighted by Gasteiger charge is -2.28. The quantitative estimate of drug-likeness (QED) is 0.308. The molecule has 0 unspecified atom stereocenters. The molecule has 3 rings (SSSR count). The average Bonchev–Trinajstić information content (AvgIpc) is 2.75. The Labute approximate surface area is 202 Å². The molecule has 0 spiro atoms. The minimum absolute atomic E-state index is 0.0462. The van der Waals surface area contributed by atoms with E-state index in [2.05, 4.69) is 5.32 Å². The van der Waals surface area contributed by atoms with Crippen LogP contribution < -0.4 is 24.4 Å². The van der Waals surface area contributed by atoms with E-state index in [0.717, 1.165) is 4.90 Å². The highest BCUT2D eigenvalue weighted by atomic mass is 127. The normalized spacial score (nSPS) is 15.1. The molecule has 168 valence electrons. The summed E-state index contributed by atoms with van der Waals surface area (Å²) < 4.78 is 16.3. The van der Waals surface area contributed by atoms with Crippen molar-refractivity contribution in [2.45, 2.75) is 6.92 Å². The van der Waals surface area contributed by atoms with E-state index in [1.54, 1.807) is 13.0 Å². The number of rotatable bonds is 6. The van der Waals surface area contributed by atoms with Gasteiger partial charge >= 0.3 is 6.03 Å². The lowest BCUT2D eigenvalue weighted by Crippen LogP contribution is -2.54. The van der Waals surface area contributed by atoms with Crippen molar-refractivity contribution in [3.63, 3.8) is 0 Å². The molecule has 2 N–H and O–H groups in total. The molecule has 32 heavy (non-hydrogen) atoms. The van der Waals surface area contributed by atoms with Crippen molar-refractivity contribution in [3.8, 4) is 23.0 Å². The summed E-state index contributed by atoms with van der Waals surface area (Å²) in [5.74, 6) is -1.25. The van der Waals surface area contributed by atoms with Crippen LogP contribution in [0.1, 0.15) is 12.5 Å². The van der Waals surface area contributed by atoms with Crippen molar-refractivity contribution in [2.24, 2.45) is 0 Å². The molecule has 0 bridgehead atoms. The lowest BCUT2D eigenvalue weighted by atomic mass is 10.1. The van der Waals surface area contributed by atoms with Gasteiger partial charge in [0.05, 0.1) is 35.1 Å². The van der Waals surface area contributed by atoms with Crippen LogP contribution in [0.2, 0.25) is 5.02 Å². The van der Waals surface area contributed by atoms with Crippen LogP contribution in [0.3, 0.4) is 0 Å². The third-order valence-electron chi connectivity index (χ3n) is 4.46. The third kappa shape index (κ3) is 4.46. The number of aromatic hydroxyl groups is 1. The van der Waals surface area contributed by atoms with Gasteiger partial charge in [0.25, 0.3) is 11.8 Å². The van der Waals surface area contributed by atoms with E-state index < -0.39 is 17.8 Å². The van der Waals surface area contributed by atoms with Gasteiger partial charge in [0, 0.05) is 12.1 Å². The first-order valence-corrected chi connectivity index (χ1v) is 10.7. The Bertz CT molecular complexity index is 1150. The van der Waals surface area contributed by atoms with Gasteiger partial charge in [-0.3, -0.25) is 14.9 Å². The molecule has 4 amide bonds. The number of imide groups is 2. The fourth-order valence-corrected chi connectivity index (χ4v) is 3.86. The van der Waals surface area contributed by atoms with Crippen LogP contribution >= 0.6 is 34.2 Å². The second-order valence-electron chi connectivity index (χ2n) is 6.40. The molecule has 0 aliphatic carbocycles. The molecule has 0 atom stereocenters. The summed E-state index contributed by atoms with van der Waals surface area (Å²) in [6.07, 6.45) is 1.31. The van der Waals surface area contributed by atoms with Crippen molar-refractivity contribution >= 4 is 63.8 Å². The summed E-state index contributed by atoms with van der Waals surface area (Å²) in [7, 11) is 2.73. The summed E-state index contributed by atoms with van der Waals surface area (Å²) >= 11 is 8.02. The monoisotopic (exact) mass is 572 g/mol. The maximum atomic E-state index is 13.2. The topological polar surface area (TPSA) is 114 Å². The Kier molecular flexibility index (Phi) is 7.14. The molecule has 9 nitrogen and oxygen atoms in total. The smallest absolute Gasteiger partial charge is 0.336 e. The molecule has 2 aromatic carbocycles. The number of barbiturate groups is 1. The molecular weight excluding hydrogens is 555 g/mol. The zero-order chi connectivity index (χ0) is 23.6. The number of hydrogen-bond acceptors (Lipinski definition) is 7. The molecule has 1 fully saturated rings. The number of urea groups is 1. The second kappa shape index (κ2) is 9.65. The molecule has 11 heteroatoms. The molecule has 2 aromatic rings. The van der Waals surface area contributed by atoms with E-state index in [1.807, 2.05) is 22.6 Å². The average molecular weight is 573 g/mol. The summed E-state index contributed by atoms with van der Waals surface area (Å²) in [5.41, 5.74) is 0.165. The first-order valence-electron chi connectivity index (χ1n) is 9.20. The maximum absolute atomic E-state index is 13.2. The largest absolute Gasteiger partial charge is 0.504 e. The SMILES string of the molecule is CCOc1cc(/C=C2\C(=O)NC(=O)N(c3cc(OC)c(Cl)cc3OC)C2=O)cc(I)c1O. The molecule has 0 saturated carbocycles. The first-order chi connectivity index (χ1) is 15.2. The van der Waals surface area contributed by atoms with Crippen LogP contribution in [0.4, 0.5) is 10.5 Å². The van der Waals surface area contributed by atoms with E-state index >= 15 is 0 Å². The highest BCUT2D eigenvalue weighted by Crippen LogP contribution is 2.39. The molecule has 1 aliphatic rings. The molecule has 1 saturated heterocycles. The van der Waals surface area contributed by atoms with Crippen molar-refractivity contribution in [2.75, 3.05) is 25.7 Å². The minimum Gasteiger partial charge on any atom is -0.504 e. The fourth-order valence-electron chi connectivity index (χ4n) is 3.00. The van der Waals surface area contributed by atoms with E-state index in [-0.39, 0.29) is 39.3 Å². The van der Waals surface area contributed by atoms with Gasteiger partial charge in [0.1, 0.15) is 17.1 Å². The number of carbonyl (C=O) groups is 3. The van der Waals surface area contributed by atoms with Gasteiger partial charge in [-0.1, -0.05) is 11.6 Å². The number of methoxy groups -OCH3 is 2. The van der Waals surface area contributed by atoms with E-state index in [9.17, 15) is 19.5 Å². The number of nitrogens with one attached hydrogen (secondary N) is 1. The number of ether oxygens (including phenoxy) is 3. The van der Waals surface area contributed by atoms with Gasteiger partial charge in [-0.25, -0.2) is 9.69 Å². The number of nitrogens with zero attached hydrogens (tertiary/aromatic N) is 1. The fraction of sp³-hybridized carbons (Fsp3) is 0.190. The molecule has 1 heterocycles. The van der Waals surface area contributed by atoms with Crippen LogP contribution in [0.25, 0.3) is 6.08 Å². The molecule has 0 radical (unpaired) electrons. The van der Waals surface area contributed by atoms with Gasteiger partial charge < -0.3 is 19.3 Å². The van der Waals surface area contributed by atoms with Gasteiger partial charge in [0.15, 0.2) is 11.5 Å². The number of benzene rings is 2. The van der Waals surface area contributed by atoms with Crippen molar-refractivity contribution in [3.05, 3.63) is 44.0 Å². The third-order valence-corrected chi connectivity index (χ3v) is 5.58. The molecular formula is C21H18ClIN2O7. The Balaban J connectivity index is 2.11. The van der Waals surface area contributed by atoms with Crippen LogP contribution in [0.15, 0.2) is 29.8 Å².